The quantitative estimate of drug-likeness (QED) is 0.549. The Kier molecular flexibility index (Phi) is 6.74. The van der Waals surface area contributed by atoms with Crippen LogP contribution < -0.4 is 9.62 Å². The maximum absolute atomic E-state index is 13.4. The Labute approximate surface area is 199 Å². The third kappa shape index (κ3) is 5.05. The second-order valence-electron chi connectivity index (χ2n) is 8.34. The number of anilines is 1. The summed E-state index contributed by atoms with van der Waals surface area (Å²) in [7, 11) is 0.119. The van der Waals surface area contributed by atoms with Crippen LogP contribution in [-0.2, 0) is 29.5 Å². The smallest absolute Gasteiger partial charge is 0.265 e. The Morgan fingerprint density at radius 2 is 1.73 bits per heavy atom. The molecule has 6 nitrogen and oxygen atoms in total. The fourth-order valence-electron chi connectivity index (χ4n) is 3.93. The van der Waals surface area contributed by atoms with E-state index < -0.39 is 10.0 Å². The van der Waals surface area contributed by atoms with Crippen LogP contribution in [-0.4, -0.2) is 39.9 Å². The van der Waals surface area contributed by atoms with E-state index in [1.165, 1.54) is 28.1 Å². The molecule has 3 aromatic rings. The molecule has 0 aromatic heterocycles. The molecular formula is C25H26ClN3O3S. The summed E-state index contributed by atoms with van der Waals surface area (Å²) in [5.74, 6) is -0.359. The first kappa shape index (κ1) is 23.3. The summed E-state index contributed by atoms with van der Waals surface area (Å²) in [5.41, 5.74) is 4.02. The van der Waals surface area contributed by atoms with E-state index >= 15 is 0 Å². The molecule has 4 rings (SSSR count). The van der Waals surface area contributed by atoms with Gasteiger partial charge in [0.2, 0.25) is 0 Å². The lowest BCUT2D eigenvalue weighted by molar-refractivity contribution is 0.0950. The van der Waals surface area contributed by atoms with Crippen LogP contribution in [0.1, 0.15) is 27.0 Å². The van der Waals surface area contributed by atoms with Crippen molar-refractivity contribution in [3.63, 3.8) is 0 Å². The highest BCUT2D eigenvalue weighted by atomic mass is 35.5. The van der Waals surface area contributed by atoms with Crippen molar-refractivity contribution in [2.45, 2.75) is 24.4 Å². The third-order valence-corrected chi connectivity index (χ3v) is 7.88. The molecule has 1 N–H and O–H groups in total. The molecule has 0 radical (unpaired) electrons. The summed E-state index contributed by atoms with van der Waals surface area (Å²) in [6.45, 7) is 1.53. The molecule has 0 aliphatic carbocycles. The summed E-state index contributed by atoms with van der Waals surface area (Å²) >= 11 is 6.27. The number of nitrogens with one attached hydrogen (secondary N) is 1. The highest BCUT2D eigenvalue weighted by Crippen LogP contribution is 2.35. The van der Waals surface area contributed by atoms with Gasteiger partial charge in [0.1, 0.15) is 4.90 Å². The molecule has 1 amide bonds. The minimum Gasteiger partial charge on any atom is -0.348 e. The Morgan fingerprint density at radius 3 is 2.45 bits per heavy atom. The molecule has 0 fully saturated rings. The van der Waals surface area contributed by atoms with Gasteiger partial charge in [-0.1, -0.05) is 54.1 Å². The van der Waals surface area contributed by atoms with E-state index in [0.29, 0.717) is 25.2 Å². The normalized spacial score (nSPS) is 13.3. The molecule has 0 saturated heterocycles. The van der Waals surface area contributed by atoms with Crippen molar-refractivity contribution in [3.8, 4) is 0 Å². The van der Waals surface area contributed by atoms with Gasteiger partial charge in [-0.2, -0.15) is 0 Å². The molecule has 8 heteroatoms. The average molecular weight is 484 g/mol. The van der Waals surface area contributed by atoms with E-state index in [1.807, 2.05) is 56.6 Å². The lowest BCUT2D eigenvalue weighted by Crippen LogP contribution is -2.30. The molecule has 33 heavy (non-hydrogen) atoms. The zero-order valence-corrected chi connectivity index (χ0v) is 20.2. The number of hydrogen-bond acceptors (Lipinski definition) is 4. The lowest BCUT2D eigenvalue weighted by Gasteiger charge is -2.20. The van der Waals surface area contributed by atoms with Crippen molar-refractivity contribution in [1.82, 2.24) is 10.2 Å². The van der Waals surface area contributed by atoms with Gasteiger partial charge in [0, 0.05) is 25.2 Å². The summed E-state index contributed by atoms with van der Waals surface area (Å²) in [4.78, 5) is 14.8. The molecular weight excluding hydrogens is 458 g/mol. The molecule has 172 valence electrons. The number of para-hydroxylation sites is 1. The van der Waals surface area contributed by atoms with Crippen molar-refractivity contribution < 1.29 is 13.2 Å². The van der Waals surface area contributed by atoms with Crippen molar-refractivity contribution in [2.75, 3.05) is 24.9 Å². The Bertz CT molecular complexity index is 1270. The number of hydrogen-bond donors (Lipinski definition) is 1. The van der Waals surface area contributed by atoms with E-state index in [4.69, 9.17) is 11.6 Å². The first-order valence-corrected chi connectivity index (χ1v) is 12.5. The van der Waals surface area contributed by atoms with Gasteiger partial charge in [-0.3, -0.25) is 9.10 Å². The molecule has 0 atom stereocenters. The Balaban J connectivity index is 1.51. The molecule has 0 unspecified atom stereocenters. The number of rotatable bonds is 7. The van der Waals surface area contributed by atoms with E-state index in [-0.39, 0.29) is 21.4 Å². The topological polar surface area (TPSA) is 69.7 Å². The van der Waals surface area contributed by atoms with Gasteiger partial charge in [-0.05, 0) is 61.5 Å². The van der Waals surface area contributed by atoms with Gasteiger partial charge < -0.3 is 10.2 Å². The van der Waals surface area contributed by atoms with Crippen LogP contribution in [0.15, 0.2) is 71.6 Å². The predicted molar refractivity (Wildman–Crippen MR) is 131 cm³/mol. The average Bonchev–Trinajstić information content (AvgIpc) is 3.23. The zero-order valence-electron chi connectivity index (χ0n) is 18.6. The second-order valence-corrected chi connectivity index (χ2v) is 10.6. The molecule has 3 aromatic carbocycles. The molecule has 1 heterocycles. The van der Waals surface area contributed by atoms with E-state index in [2.05, 4.69) is 10.2 Å². The van der Waals surface area contributed by atoms with Gasteiger partial charge in [0.05, 0.1) is 10.7 Å². The Hall–Kier alpha value is -2.87. The van der Waals surface area contributed by atoms with Gasteiger partial charge in [-0.15, -0.1) is 0 Å². The van der Waals surface area contributed by atoms with Crippen LogP contribution in [0.5, 0.6) is 0 Å². The fraction of sp³-hybridized carbons (Fsp3) is 0.240. The zero-order chi connectivity index (χ0) is 23.6. The number of fused-ring (bicyclic) bond motifs is 1. The number of carbonyl (C=O) groups is 1. The highest BCUT2D eigenvalue weighted by molar-refractivity contribution is 7.93. The summed E-state index contributed by atoms with van der Waals surface area (Å²) in [6, 6.07) is 19.8. The number of halogens is 1. The summed E-state index contributed by atoms with van der Waals surface area (Å²) in [6.07, 6.45) is 0.639. The molecule has 0 bridgehead atoms. The summed E-state index contributed by atoms with van der Waals surface area (Å²) in [5, 5.41) is 2.95. The Morgan fingerprint density at radius 1 is 1.03 bits per heavy atom. The highest BCUT2D eigenvalue weighted by Gasteiger charge is 2.32. The molecule has 0 saturated carbocycles. The van der Waals surface area contributed by atoms with E-state index in [1.54, 1.807) is 6.07 Å². The third-order valence-electron chi connectivity index (χ3n) is 5.58. The number of carbonyl (C=O) groups excluding carboxylic acids is 1. The van der Waals surface area contributed by atoms with Crippen LogP contribution >= 0.6 is 11.6 Å². The fourth-order valence-corrected chi connectivity index (χ4v) is 5.94. The van der Waals surface area contributed by atoms with E-state index in [0.717, 1.165) is 17.7 Å². The van der Waals surface area contributed by atoms with Crippen molar-refractivity contribution >= 4 is 33.2 Å². The maximum atomic E-state index is 13.4. The molecule has 1 aliphatic rings. The standard InChI is InChI=1S/C25H26ClN3O3S/c1-28(2)17-19-9-7-18(8-10-19)16-27-25(30)21-11-12-22(26)24(15-21)33(31,32)29-14-13-20-5-3-4-6-23(20)29/h3-12,15H,13-14,16-17H2,1-2H3,(H,27,30). The molecule has 1 aliphatic heterocycles. The van der Waals surface area contributed by atoms with Crippen molar-refractivity contribution in [2.24, 2.45) is 0 Å². The van der Waals surface area contributed by atoms with Crippen molar-refractivity contribution in [3.05, 3.63) is 94.0 Å². The minimum absolute atomic E-state index is 0.0680. The van der Waals surface area contributed by atoms with Crippen LogP contribution in [0.2, 0.25) is 5.02 Å². The minimum atomic E-state index is -3.90. The van der Waals surface area contributed by atoms with E-state index in [9.17, 15) is 13.2 Å². The van der Waals surface area contributed by atoms with Crippen LogP contribution in [0, 0.1) is 0 Å². The maximum Gasteiger partial charge on any atom is 0.265 e. The number of benzene rings is 3. The first-order valence-electron chi connectivity index (χ1n) is 10.7. The van der Waals surface area contributed by atoms with Crippen LogP contribution in [0.25, 0.3) is 0 Å². The number of nitrogens with zero attached hydrogens (tertiary/aromatic N) is 2. The van der Waals surface area contributed by atoms with Gasteiger partial charge in [0.15, 0.2) is 0 Å². The van der Waals surface area contributed by atoms with Crippen molar-refractivity contribution in [1.29, 1.82) is 0 Å². The monoisotopic (exact) mass is 483 g/mol. The SMILES string of the molecule is CN(C)Cc1ccc(CNC(=O)c2ccc(Cl)c(S(=O)(=O)N3CCc4ccccc43)c2)cc1. The lowest BCUT2D eigenvalue weighted by atomic mass is 10.1. The first-order chi connectivity index (χ1) is 15.8. The predicted octanol–water partition coefficient (Wildman–Crippen LogP) is 4.08. The number of amides is 1. The van der Waals surface area contributed by atoms with Gasteiger partial charge >= 0.3 is 0 Å². The molecule has 0 spiro atoms. The summed E-state index contributed by atoms with van der Waals surface area (Å²) < 4.78 is 28.1. The number of sulfonamides is 1. The largest absolute Gasteiger partial charge is 0.348 e. The van der Waals surface area contributed by atoms with Gasteiger partial charge in [0.25, 0.3) is 15.9 Å². The van der Waals surface area contributed by atoms with Gasteiger partial charge in [-0.25, -0.2) is 8.42 Å². The van der Waals surface area contributed by atoms with Crippen LogP contribution in [0.3, 0.4) is 0 Å². The van der Waals surface area contributed by atoms with Crippen LogP contribution in [0.4, 0.5) is 5.69 Å². The second kappa shape index (κ2) is 9.55.